The van der Waals surface area contributed by atoms with Gasteiger partial charge < -0.3 is 5.32 Å². The Hall–Kier alpha value is -0.980. The van der Waals surface area contributed by atoms with Gasteiger partial charge in [0.15, 0.2) is 0 Å². The predicted molar refractivity (Wildman–Crippen MR) is 41.3 cm³/mol. The lowest BCUT2D eigenvalue weighted by molar-refractivity contribution is -0.147. The highest BCUT2D eigenvalue weighted by Crippen LogP contribution is 2.13. The van der Waals surface area contributed by atoms with E-state index in [4.69, 9.17) is 4.84 Å². The smallest absolute Gasteiger partial charge is 0.327 e. The van der Waals surface area contributed by atoms with Gasteiger partial charge in [0.05, 0.1) is 13.2 Å². The van der Waals surface area contributed by atoms with Crippen LogP contribution in [0.5, 0.6) is 0 Å². The predicted octanol–water partition coefficient (Wildman–Crippen LogP) is 1.29. The molecule has 0 aromatic heterocycles. The second-order valence-corrected chi connectivity index (χ2v) is 2.92. The van der Waals surface area contributed by atoms with Gasteiger partial charge in [-0.2, -0.15) is 13.2 Å². The van der Waals surface area contributed by atoms with Gasteiger partial charge in [-0.3, -0.25) is 4.84 Å². The van der Waals surface area contributed by atoms with Crippen LogP contribution in [-0.4, -0.2) is 37.0 Å². The highest BCUT2D eigenvalue weighted by Gasteiger charge is 2.29. The largest absolute Gasteiger partial charge is 0.405 e. The zero-order valence-electron chi connectivity index (χ0n) is 7.43. The fourth-order valence-electron chi connectivity index (χ4n) is 1.02. The average Bonchev–Trinajstić information content (AvgIpc) is 2.14. The topological polar surface area (TPSA) is 41.6 Å². The van der Waals surface area contributed by atoms with Crippen molar-refractivity contribution in [2.24, 2.45) is 0 Å². The van der Waals surface area contributed by atoms with Gasteiger partial charge in [-0.05, 0) is 12.8 Å². The molecular formula is C7H11F3N2O2. The maximum absolute atomic E-state index is 11.7. The number of carbonyl (C=O) groups is 1. The number of carbonyl (C=O) groups excluding carboxylic acids is 1. The number of hydroxylamine groups is 2. The lowest BCUT2D eigenvalue weighted by Gasteiger charge is -2.26. The van der Waals surface area contributed by atoms with Crippen molar-refractivity contribution >= 4 is 6.03 Å². The first-order valence-electron chi connectivity index (χ1n) is 4.24. The van der Waals surface area contributed by atoms with Gasteiger partial charge in [0.2, 0.25) is 0 Å². The van der Waals surface area contributed by atoms with E-state index in [1.807, 2.05) is 0 Å². The molecule has 0 aliphatic carbocycles. The summed E-state index contributed by atoms with van der Waals surface area (Å²) >= 11 is 0. The summed E-state index contributed by atoms with van der Waals surface area (Å²) < 4.78 is 35.1. The first-order chi connectivity index (χ1) is 6.49. The van der Waals surface area contributed by atoms with Crippen LogP contribution in [-0.2, 0) is 4.84 Å². The van der Waals surface area contributed by atoms with Crippen molar-refractivity contribution in [1.82, 2.24) is 10.4 Å². The highest BCUT2D eigenvalue weighted by atomic mass is 19.4. The fourth-order valence-corrected chi connectivity index (χ4v) is 1.02. The molecule has 0 spiro atoms. The molecule has 0 aromatic rings. The molecule has 0 saturated carbocycles. The molecule has 7 heteroatoms. The van der Waals surface area contributed by atoms with Crippen molar-refractivity contribution in [1.29, 1.82) is 0 Å². The Labute approximate surface area is 79.0 Å². The van der Waals surface area contributed by atoms with Crippen LogP contribution in [0.3, 0.4) is 0 Å². The van der Waals surface area contributed by atoms with Gasteiger partial charge >= 0.3 is 12.2 Å². The van der Waals surface area contributed by atoms with E-state index in [-0.39, 0.29) is 0 Å². The van der Waals surface area contributed by atoms with E-state index in [2.05, 4.69) is 0 Å². The molecule has 0 radical (unpaired) electrons. The summed E-state index contributed by atoms with van der Waals surface area (Å²) in [6, 6.07) is -0.831. The van der Waals surface area contributed by atoms with Crippen LogP contribution in [0.15, 0.2) is 0 Å². The van der Waals surface area contributed by atoms with E-state index in [9.17, 15) is 18.0 Å². The van der Waals surface area contributed by atoms with Crippen LogP contribution in [0.4, 0.5) is 18.0 Å². The Balaban J connectivity index is 2.27. The summed E-state index contributed by atoms with van der Waals surface area (Å²) in [7, 11) is 0. The monoisotopic (exact) mass is 212 g/mol. The molecule has 0 atom stereocenters. The third kappa shape index (κ3) is 3.82. The Morgan fingerprint density at radius 2 is 2.14 bits per heavy atom. The van der Waals surface area contributed by atoms with Crippen molar-refractivity contribution in [3.63, 3.8) is 0 Å². The number of rotatable bonds is 1. The van der Waals surface area contributed by atoms with E-state index >= 15 is 0 Å². The fraction of sp³-hybridized carbons (Fsp3) is 0.857. The first-order valence-corrected chi connectivity index (χ1v) is 4.24. The number of nitrogens with one attached hydrogen (secondary N) is 1. The van der Waals surface area contributed by atoms with Gasteiger partial charge in [-0.25, -0.2) is 9.86 Å². The quantitative estimate of drug-likeness (QED) is 0.711. The molecule has 0 unspecified atom stereocenters. The zero-order valence-corrected chi connectivity index (χ0v) is 7.43. The van der Waals surface area contributed by atoms with Crippen LogP contribution in [0.2, 0.25) is 0 Å². The van der Waals surface area contributed by atoms with Gasteiger partial charge in [-0.15, -0.1) is 0 Å². The Morgan fingerprint density at radius 3 is 2.64 bits per heavy atom. The normalized spacial score (nSPS) is 18.1. The number of urea groups is 1. The molecule has 1 aliphatic rings. The highest BCUT2D eigenvalue weighted by molar-refractivity contribution is 5.73. The maximum atomic E-state index is 11.7. The van der Waals surface area contributed by atoms with Crippen LogP contribution < -0.4 is 5.32 Å². The molecule has 0 bridgehead atoms. The summed E-state index contributed by atoms with van der Waals surface area (Å²) in [5.74, 6) is 0. The Kier molecular flexibility index (Phi) is 3.56. The van der Waals surface area contributed by atoms with E-state index < -0.39 is 18.8 Å². The van der Waals surface area contributed by atoms with E-state index in [0.717, 1.165) is 17.9 Å². The van der Waals surface area contributed by atoms with E-state index in [1.54, 1.807) is 5.32 Å². The standard InChI is InChI=1S/C7H11F3N2O2/c8-7(9,10)5-11-6(13)12-3-1-2-4-14-12/h1-5H2,(H,11,13). The minimum atomic E-state index is -4.38. The van der Waals surface area contributed by atoms with Crippen molar-refractivity contribution in [3.8, 4) is 0 Å². The molecule has 1 fully saturated rings. The summed E-state index contributed by atoms with van der Waals surface area (Å²) in [5.41, 5.74) is 0. The molecular weight excluding hydrogens is 201 g/mol. The molecule has 1 rings (SSSR count). The minimum absolute atomic E-state index is 0.337. The molecule has 1 aliphatic heterocycles. The van der Waals surface area contributed by atoms with Gasteiger partial charge in [-0.1, -0.05) is 0 Å². The minimum Gasteiger partial charge on any atom is -0.327 e. The SMILES string of the molecule is O=C(NCC(F)(F)F)N1CCCCO1. The maximum Gasteiger partial charge on any atom is 0.405 e. The molecule has 2 amide bonds. The number of halogens is 3. The van der Waals surface area contributed by atoms with Crippen molar-refractivity contribution in [2.45, 2.75) is 19.0 Å². The Bertz CT molecular complexity index is 202. The molecule has 82 valence electrons. The van der Waals surface area contributed by atoms with Crippen molar-refractivity contribution in [2.75, 3.05) is 19.7 Å². The molecule has 4 nitrogen and oxygen atoms in total. The first kappa shape index (κ1) is 11.1. The van der Waals surface area contributed by atoms with Gasteiger partial charge in [0, 0.05) is 0 Å². The van der Waals surface area contributed by atoms with Gasteiger partial charge in [0.1, 0.15) is 6.54 Å². The summed E-state index contributed by atoms with van der Waals surface area (Å²) in [6.45, 7) is -0.616. The summed E-state index contributed by atoms with van der Waals surface area (Å²) in [6.07, 6.45) is -2.81. The Morgan fingerprint density at radius 1 is 1.43 bits per heavy atom. The van der Waals surface area contributed by atoms with E-state index in [1.165, 1.54) is 0 Å². The number of nitrogens with zero attached hydrogens (tertiary/aromatic N) is 1. The zero-order chi connectivity index (χ0) is 10.6. The third-order valence-corrected chi connectivity index (χ3v) is 1.67. The van der Waals surface area contributed by atoms with Crippen molar-refractivity contribution in [3.05, 3.63) is 0 Å². The lowest BCUT2D eigenvalue weighted by Crippen LogP contribution is -2.45. The average molecular weight is 212 g/mol. The number of hydrogen-bond donors (Lipinski definition) is 1. The summed E-state index contributed by atoms with van der Waals surface area (Å²) in [4.78, 5) is 15.9. The van der Waals surface area contributed by atoms with Gasteiger partial charge in [0.25, 0.3) is 0 Å². The second kappa shape index (κ2) is 4.50. The third-order valence-electron chi connectivity index (χ3n) is 1.67. The number of alkyl halides is 3. The summed E-state index contributed by atoms with van der Waals surface area (Å²) in [5, 5.41) is 2.66. The molecule has 1 saturated heterocycles. The molecule has 0 aromatic carbocycles. The van der Waals surface area contributed by atoms with Crippen LogP contribution in [0.1, 0.15) is 12.8 Å². The number of amides is 2. The van der Waals surface area contributed by atoms with E-state index in [0.29, 0.717) is 13.2 Å². The van der Waals surface area contributed by atoms with Crippen molar-refractivity contribution < 1.29 is 22.8 Å². The molecule has 14 heavy (non-hydrogen) atoms. The second-order valence-electron chi connectivity index (χ2n) is 2.92. The molecule has 1 N–H and O–H groups in total. The number of hydrogen-bond acceptors (Lipinski definition) is 2. The molecule has 1 heterocycles. The van der Waals surface area contributed by atoms with Crippen LogP contribution in [0.25, 0.3) is 0 Å². The van der Waals surface area contributed by atoms with Crippen LogP contribution in [0, 0.1) is 0 Å². The lowest BCUT2D eigenvalue weighted by atomic mass is 10.3. The van der Waals surface area contributed by atoms with Crippen LogP contribution >= 0.6 is 0 Å².